The van der Waals surface area contributed by atoms with Crippen LogP contribution in [-0.4, -0.2) is 25.6 Å². The lowest BCUT2D eigenvalue weighted by molar-refractivity contribution is 0.0697. The lowest BCUT2D eigenvalue weighted by atomic mass is 9.83. The fourth-order valence-electron chi connectivity index (χ4n) is 3.59. The number of hydrogen-bond donors (Lipinski definition) is 1. The van der Waals surface area contributed by atoms with Crippen molar-refractivity contribution in [2.24, 2.45) is 0 Å². The van der Waals surface area contributed by atoms with Crippen molar-refractivity contribution >= 4 is 5.97 Å². The number of imidazole rings is 1. The van der Waals surface area contributed by atoms with Gasteiger partial charge in [-0.3, -0.25) is 4.98 Å². The maximum Gasteiger partial charge on any atom is 0.335 e. The van der Waals surface area contributed by atoms with E-state index in [1.807, 2.05) is 12.5 Å². The van der Waals surface area contributed by atoms with Crippen LogP contribution in [-0.2, 0) is 13.0 Å². The molecular weight excluding hydrogens is 314 g/mol. The van der Waals surface area contributed by atoms with Crippen molar-refractivity contribution in [3.8, 4) is 11.4 Å². The fraction of sp³-hybridized carbons (Fsp3) is 0.250. The molecule has 126 valence electrons. The number of aryl methyl sites for hydroxylation is 1. The van der Waals surface area contributed by atoms with Crippen LogP contribution in [0.15, 0.2) is 55.1 Å². The monoisotopic (exact) mass is 333 g/mol. The molecule has 0 spiro atoms. The number of aromatic carboxylic acids is 1. The van der Waals surface area contributed by atoms with E-state index < -0.39 is 5.97 Å². The van der Waals surface area contributed by atoms with Crippen molar-refractivity contribution < 1.29 is 9.90 Å². The molecular formula is C20H19N3O2. The highest BCUT2D eigenvalue weighted by Crippen LogP contribution is 2.32. The van der Waals surface area contributed by atoms with Crippen LogP contribution in [0.2, 0.25) is 0 Å². The molecule has 0 saturated heterocycles. The molecule has 3 aromatic rings. The molecule has 0 radical (unpaired) electrons. The number of aromatic nitrogens is 3. The van der Waals surface area contributed by atoms with Crippen LogP contribution >= 0.6 is 0 Å². The SMILES string of the molecule is O=C(O)c1ccnc(-c2cn(CC3CCCc4ccccc43)cn2)c1. The molecule has 0 fully saturated rings. The minimum absolute atomic E-state index is 0.223. The molecule has 1 aromatic carbocycles. The summed E-state index contributed by atoms with van der Waals surface area (Å²) >= 11 is 0. The third-order valence-corrected chi connectivity index (χ3v) is 4.83. The number of rotatable bonds is 4. The largest absolute Gasteiger partial charge is 0.478 e. The lowest BCUT2D eigenvalue weighted by Crippen LogP contribution is -2.14. The molecule has 1 N–H and O–H groups in total. The third kappa shape index (κ3) is 3.18. The van der Waals surface area contributed by atoms with Gasteiger partial charge in [0.1, 0.15) is 5.69 Å². The Kier molecular flexibility index (Phi) is 4.06. The Balaban J connectivity index is 1.57. The summed E-state index contributed by atoms with van der Waals surface area (Å²) in [4.78, 5) is 19.8. The van der Waals surface area contributed by atoms with E-state index in [4.69, 9.17) is 5.11 Å². The molecule has 2 heterocycles. The van der Waals surface area contributed by atoms with Gasteiger partial charge in [0.25, 0.3) is 0 Å². The Bertz CT molecular complexity index is 917. The minimum atomic E-state index is -0.957. The van der Waals surface area contributed by atoms with Gasteiger partial charge in [0.05, 0.1) is 17.6 Å². The average Bonchev–Trinajstić information content (AvgIpc) is 3.11. The molecule has 0 saturated carbocycles. The van der Waals surface area contributed by atoms with Crippen molar-refractivity contribution in [1.82, 2.24) is 14.5 Å². The third-order valence-electron chi connectivity index (χ3n) is 4.83. The van der Waals surface area contributed by atoms with Crippen molar-refractivity contribution in [2.75, 3.05) is 0 Å². The van der Waals surface area contributed by atoms with E-state index in [0.717, 1.165) is 13.0 Å². The smallest absolute Gasteiger partial charge is 0.335 e. The second-order valence-electron chi connectivity index (χ2n) is 6.48. The summed E-state index contributed by atoms with van der Waals surface area (Å²) < 4.78 is 2.08. The molecule has 1 unspecified atom stereocenters. The Morgan fingerprint density at radius 1 is 1.20 bits per heavy atom. The van der Waals surface area contributed by atoms with Gasteiger partial charge in [0.2, 0.25) is 0 Å². The van der Waals surface area contributed by atoms with E-state index in [9.17, 15) is 4.79 Å². The molecule has 1 atom stereocenters. The van der Waals surface area contributed by atoms with Crippen LogP contribution in [0.5, 0.6) is 0 Å². The van der Waals surface area contributed by atoms with Crippen molar-refractivity contribution in [1.29, 1.82) is 0 Å². The predicted molar refractivity (Wildman–Crippen MR) is 94.5 cm³/mol. The Morgan fingerprint density at radius 3 is 2.96 bits per heavy atom. The number of carboxylic acids is 1. The molecule has 5 heteroatoms. The van der Waals surface area contributed by atoms with Crippen LogP contribution < -0.4 is 0 Å². The van der Waals surface area contributed by atoms with E-state index in [-0.39, 0.29) is 5.56 Å². The average molecular weight is 333 g/mol. The highest BCUT2D eigenvalue weighted by Gasteiger charge is 2.20. The Hall–Kier alpha value is -2.95. The molecule has 5 nitrogen and oxygen atoms in total. The first-order valence-electron chi connectivity index (χ1n) is 8.50. The molecule has 0 aliphatic heterocycles. The van der Waals surface area contributed by atoms with Crippen LogP contribution in [0.4, 0.5) is 0 Å². The van der Waals surface area contributed by atoms with Gasteiger partial charge in [-0.05, 0) is 42.5 Å². The van der Waals surface area contributed by atoms with E-state index in [0.29, 0.717) is 17.3 Å². The van der Waals surface area contributed by atoms with E-state index in [2.05, 4.69) is 38.8 Å². The summed E-state index contributed by atoms with van der Waals surface area (Å²) in [5.41, 5.74) is 4.40. The molecule has 4 rings (SSSR count). The lowest BCUT2D eigenvalue weighted by Gasteiger charge is -2.25. The summed E-state index contributed by atoms with van der Waals surface area (Å²) in [7, 11) is 0. The first-order chi connectivity index (χ1) is 12.2. The zero-order valence-corrected chi connectivity index (χ0v) is 13.8. The molecule has 1 aliphatic carbocycles. The molecule has 25 heavy (non-hydrogen) atoms. The second kappa shape index (κ2) is 6.51. The maximum absolute atomic E-state index is 11.1. The van der Waals surface area contributed by atoms with E-state index >= 15 is 0 Å². The van der Waals surface area contributed by atoms with Gasteiger partial charge >= 0.3 is 5.97 Å². The van der Waals surface area contributed by atoms with Gasteiger partial charge in [-0.15, -0.1) is 0 Å². The normalized spacial score (nSPS) is 16.4. The maximum atomic E-state index is 11.1. The molecule has 2 aromatic heterocycles. The highest BCUT2D eigenvalue weighted by atomic mass is 16.4. The summed E-state index contributed by atoms with van der Waals surface area (Å²) in [5.74, 6) is -0.466. The minimum Gasteiger partial charge on any atom is -0.478 e. The van der Waals surface area contributed by atoms with E-state index in [1.165, 1.54) is 36.2 Å². The first kappa shape index (κ1) is 15.6. The van der Waals surface area contributed by atoms with Crippen molar-refractivity contribution in [3.05, 3.63) is 71.8 Å². The number of nitrogens with zero attached hydrogens (tertiary/aromatic N) is 3. The van der Waals surface area contributed by atoms with Gasteiger partial charge < -0.3 is 9.67 Å². The molecule has 0 bridgehead atoms. The number of fused-ring (bicyclic) bond motifs is 1. The van der Waals surface area contributed by atoms with Crippen molar-refractivity contribution in [3.63, 3.8) is 0 Å². The van der Waals surface area contributed by atoms with Gasteiger partial charge in [0, 0.05) is 24.9 Å². The number of benzene rings is 1. The fourth-order valence-corrected chi connectivity index (χ4v) is 3.59. The number of hydrogen-bond acceptors (Lipinski definition) is 3. The Labute approximate surface area is 146 Å². The quantitative estimate of drug-likeness (QED) is 0.789. The van der Waals surface area contributed by atoms with Crippen LogP contribution in [0.25, 0.3) is 11.4 Å². The van der Waals surface area contributed by atoms with Gasteiger partial charge in [-0.1, -0.05) is 24.3 Å². The summed E-state index contributed by atoms with van der Waals surface area (Å²) in [6.07, 6.45) is 8.82. The standard InChI is InChI=1S/C20H19N3O2/c24-20(25)15-8-9-21-18(10-15)19-12-23(13-22-19)11-16-6-3-5-14-4-1-2-7-17(14)16/h1-2,4,7-10,12-13,16H,3,5-6,11H2,(H,24,25). The first-order valence-corrected chi connectivity index (χ1v) is 8.50. The van der Waals surface area contributed by atoms with Crippen LogP contribution in [0.1, 0.15) is 40.2 Å². The zero-order chi connectivity index (χ0) is 17.2. The summed E-state index contributed by atoms with van der Waals surface area (Å²) in [6.45, 7) is 0.878. The van der Waals surface area contributed by atoms with Crippen LogP contribution in [0, 0.1) is 0 Å². The van der Waals surface area contributed by atoms with Gasteiger partial charge in [-0.2, -0.15) is 0 Å². The highest BCUT2D eigenvalue weighted by molar-refractivity contribution is 5.88. The molecule has 1 aliphatic rings. The van der Waals surface area contributed by atoms with Crippen LogP contribution in [0.3, 0.4) is 0 Å². The second-order valence-corrected chi connectivity index (χ2v) is 6.48. The topological polar surface area (TPSA) is 68.0 Å². The number of pyridine rings is 1. The van der Waals surface area contributed by atoms with Gasteiger partial charge in [-0.25, -0.2) is 9.78 Å². The van der Waals surface area contributed by atoms with Crippen molar-refractivity contribution in [2.45, 2.75) is 31.7 Å². The van der Waals surface area contributed by atoms with Gasteiger partial charge in [0.15, 0.2) is 0 Å². The zero-order valence-electron chi connectivity index (χ0n) is 13.8. The summed E-state index contributed by atoms with van der Waals surface area (Å²) in [5, 5.41) is 9.12. The predicted octanol–water partition coefficient (Wildman–Crippen LogP) is 3.76. The molecule has 0 amide bonds. The Morgan fingerprint density at radius 2 is 2.08 bits per heavy atom. The summed E-state index contributed by atoms with van der Waals surface area (Å²) in [6, 6.07) is 11.7. The van der Waals surface area contributed by atoms with E-state index in [1.54, 1.807) is 6.07 Å². The number of carboxylic acid groups (broad SMARTS) is 1. The number of carbonyl (C=O) groups is 1.